The van der Waals surface area contributed by atoms with E-state index in [-0.39, 0.29) is 0 Å². The number of nitrogens with zero attached hydrogens (tertiary/aromatic N) is 2. The fourth-order valence-electron chi connectivity index (χ4n) is 5.47. The molecule has 1 aliphatic carbocycles. The first-order chi connectivity index (χ1) is 19.8. The van der Waals surface area contributed by atoms with E-state index in [4.69, 9.17) is 23.6 Å². The van der Waals surface area contributed by atoms with Crippen LogP contribution in [0.15, 0.2) is 115 Å². The van der Waals surface area contributed by atoms with Crippen molar-refractivity contribution < 1.29 is 33.4 Å². The Morgan fingerprint density at radius 1 is 0.707 bits per heavy atom. The Bertz CT molecular complexity index is 1780. The maximum atomic E-state index is 8.49. The lowest BCUT2D eigenvalue weighted by atomic mass is 9.84. The molecule has 204 valence electrons. The minimum Gasteiger partial charge on any atom is -0.230 e. The number of fused-ring (bicyclic) bond motifs is 4. The Morgan fingerprint density at radius 3 is 2.07 bits per heavy atom. The van der Waals surface area contributed by atoms with E-state index in [1.807, 2.05) is 0 Å². The monoisotopic (exact) mass is 580 g/mol. The second kappa shape index (κ2) is 11.5. The average Bonchev–Trinajstić information content (AvgIpc) is 3.41. The Kier molecular flexibility index (Phi) is 7.64. The van der Waals surface area contributed by atoms with Gasteiger partial charge in [-0.15, -0.1) is 21.6 Å². The molecule has 0 N–H and O–H groups in total. The highest BCUT2D eigenvalue weighted by atomic mass is 35.7. The minimum absolute atomic E-state index is 0.803. The van der Waals surface area contributed by atoms with Crippen molar-refractivity contribution in [3.8, 4) is 33.1 Å². The van der Waals surface area contributed by atoms with Gasteiger partial charge >= 0.3 is 0 Å². The van der Waals surface area contributed by atoms with Crippen LogP contribution in [0, 0.1) is 10.2 Å². The molecular formula is C33H25ClN2O4S. The number of aromatic nitrogens is 2. The summed E-state index contributed by atoms with van der Waals surface area (Å²) >= 11 is 1.78. The molecule has 6 aromatic rings. The molecule has 2 heterocycles. The lowest BCUT2D eigenvalue weighted by Gasteiger charge is -2.22. The Morgan fingerprint density at radius 2 is 1.34 bits per heavy atom. The third kappa shape index (κ3) is 6.06. The first kappa shape index (κ1) is 27.2. The van der Waals surface area contributed by atoms with Crippen molar-refractivity contribution in [3.63, 3.8) is 0 Å². The van der Waals surface area contributed by atoms with Gasteiger partial charge in [-0.25, -0.2) is 23.6 Å². The van der Waals surface area contributed by atoms with Crippen LogP contribution in [0.2, 0.25) is 0 Å². The van der Waals surface area contributed by atoms with Crippen molar-refractivity contribution >= 4 is 21.6 Å². The molecule has 0 fully saturated rings. The van der Waals surface area contributed by atoms with Gasteiger partial charge in [-0.3, -0.25) is 0 Å². The molecule has 6 nitrogen and oxygen atoms in total. The molecule has 0 atom stereocenters. The summed E-state index contributed by atoms with van der Waals surface area (Å²) in [6.07, 6.45) is 2.10. The van der Waals surface area contributed by atoms with Crippen LogP contribution in [0.1, 0.15) is 16.7 Å². The van der Waals surface area contributed by atoms with Crippen LogP contribution in [-0.4, -0.2) is 4.98 Å². The van der Waals surface area contributed by atoms with Crippen molar-refractivity contribution in [1.82, 2.24) is 4.98 Å². The van der Waals surface area contributed by atoms with E-state index in [1.165, 1.54) is 49.5 Å². The third-order valence-electron chi connectivity index (χ3n) is 7.15. The Hall–Kier alpha value is -3.95. The van der Waals surface area contributed by atoms with Gasteiger partial charge in [0, 0.05) is 22.8 Å². The zero-order valence-corrected chi connectivity index (χ0v) is 23.5. The van der Waals surface area contributed by atoms with Crippen LogP contribution in [0.5, 0.6) is 0 Å². The van der Waals surface area contributed by atoms with Crippen LogP contribution >= 0.6 is 11.3 Å². The van der Waals surface area contributed by atoms with E-state index < -0.39 is 10.2 Å². The highest BCUT2D eigenvalue weighted by Crippen LogP contribution is 2.40. The minimum atomic E-state index is -4.94. The second-order valence-electron chi connectivity index (χ2n) is 9.73. The van der Waals surface area contributed by atoms with Crippen LogP contribution in [-0.2, 0) is 19.4 Å². The number of hydrogen-bond acceptors (Lipinski definition) is 6. The smallest absolute Gasteiger partial charge is 0.230 e. The molecule has 1 aliphatic rings. The molecule has 8 heteroatoms. The molecule has 0 bridgehead atoms. The zero-order chi connectivity index (χ0) is 28.4. The Labute approximate surface area is 243 Å². The van der Waals surface area contributed by atoms with Gasteiger partial charge in [0.15, 0.2) is 11.6 Å². The van der Waals surface area contributed by atoms with E-state index in [9.17, 15) is 0 Å². The molecular weight excluding hydrogens is 556 g/mol. The summed E-state index contributed by atoms with van der Waals surface area (Å²) in [6.45, 7) is 0.803. The molecule has 0 amide bonds. The molecule has 0 spiro atoms. The molecule has 0 saturated carbocycles. The zero-order valence-electron chi connectivity index (χ0n) is 21.9. The maximum Gasteiger partial charge on any atom is 0.242 e. The van der Waals surface area contributed by atoms with E-state index in [2.05, 4.69) is 120 Å². The first-order valence-electron chi connectivity index (χ1n) is 13.1. The summed E-state index contributed by atoms with van der Waals surface area (Å²) in [5.41, 5.74) is 11.6. The largest absolute Gasteiger partial charge is 0.242 e. The quantitative estimate of drug-likeness (QED) is 0.298. The average molecular weight is 581 g/mol. The van der Waals surface area contributed by atoms with E-state index in [0.717, 1.165) is 29.9 Å². The normalized spacial score (nSPS) is 12.3. The van der Waals surface area contributed by atoms with E-state index in [0.29, 0.717) is 0 Å². The molecule has 7 rings (SSSR count). The first-order valence-corrected chi connectivity index (χ1v) is 15.2. The molecule has 41 heavy (non-hydrogen) atoms. The molecule has 0 aliphatic heterocycles. The predicted octanol–water partition coefficient (Wildman–Crippen LogP) is 2.98. The van der Waals surface area contributed by atoms with E-state index in [1.54, 1.807) is 11.3 Å². The van der Waals surface area contributed by atoms with Crippen LogP contribution in [0.25, 0.3) is 43.3 Å². The van der Waals surface area contributed by atoms with Crippen LogP contribution < -0.4 is 23.2 Å². The number of pyridine rings is 1. The third-order valence-corrected chi connectivity index (χ3v) is 8.21. The summed E-state index contributed by atoms with van der Waals surface area (Å²) in [5.74, 6) is 0. The second-order valence-corrected chi connectivity index (χ2v) is 11.5. The summed E-state index contributed by atoms with van der Waals surface area (Å²) < 4.78 is 37.7. The number of rotatable bonds is 4. The number of benzene rings is 4. The number of halogens is 1. The molecule has 2 aromatic heterocycles. The highest BCUT2D eigenvalue weighted by molar-refractivity contribution is 7.21. The summed E-state index contributed by atoms with van der Waals surface area (Å²) in [4.78, 5) is 5.12. The lowest BCUT2D eigenvalue weighted by Crippen LogP contribution is -2.68. The Balaban J connectivity index is 0.000000559. The topological polar surface area (TPSA) is 109 Å². The van der Waals surface area contributed by atoms with E-state index >= 15 is 0 Å². The number of para-hydroxylation sites is 1. The van der Waals surface area contributed by atoms with Gasteiger partial charge in [-0.2, -0.15) is 4.57 Å². The highest BCUT2D eigenvalue weighted by Gasteiger charge is 2.33. The van der Waals surface area contributed by atoms with Crippen molar-refractivity contribution in [3.05, 3.63) is 132 Å². The SMILES string of the molecule is [O-][Cl+3]([O-])([O-])[O-].c1ccc(C[n+]2c(-c3nc4ccccc4s3)cc(-c3ccccc3)c3c2-c2ccccc2CC3)cc1. The van der Waals surface area contributed by atoms with Crippen molar-refractivity contribution in [2.75, 3.05) is 0 Å². The van der Waals surface area contributed by atoms with Gasteiger partial charge in [0.2, 0.25) is 11.4 Å². The van der Waals surface area contributed by atoms with Gasteiger partial charge in [0.1, 0.15) is 0 Å². The number of aryl methyl sites for hydroxylation is 1. The van der Waals surface area contributed by atoms with Crippen LogP contribution in [0.3, 0.4) is 0 Å². The fraction of sp³-hybridized carbons (Fsp3) is 0.0909. The number of thiazole rings is 1. The van der Waals surface area contributed by atoms with Gasteiger partial charge in [-0.05, 0) is 47.7 Å². The van der Waals surface area contributed by atoms with Crippen molar-refractivity contribution in [1.29, 1.82) is 0 Å². The number of hydrogen-bond donors (Lipinski definition) is 0. The molecule has 0 radical (unpaired) electrons. The predicted molar refractivity (Wildman–Crippen MR) is 149 cm³/mol. The molecule has 0 unspecified atom stereocenters. The summed E-state index contributed by atoms with van der Waals surface area (Å²) in [6, 6.07) is 41.4. The summed E-state index contributed by atoms with van der Waals surface area (Å²) in [5, 5.41) is 1.06. The standard InChI is InChI=1S/C33H25N2S.ClHO4/c1-3-11-23(12-4-1)22-35-30(33-34-29-17-9-10-18-31(29)36-33)21-28(24-13-5-2-6-14-24)27-20-19-25-15-7-8-16-26(25)32(27)35;2-1(3,4)5/h1-18,21H,19-20,22H2;(H,2,3,4,5)/q+1;/p-1. The van der Waals surface area contributed by atoms with Crippen molar-refractivity contribution in [2.45, 2.75) is 19.4 Å². The lowest BCUT2D eigenvalue weighted by molar-refractivity contribution is -2.00. The van der Waals surface area contributed by atoms with Gasteiger partial charge in [0.05, 0.1) is 10.2 Å². The fourth-order valence-corrected chi connectivity index (χ4v) is 6.46. The van der Waals surface area contributed by atoms with Crippen molar-refractivity contribution in [2.24, 2.45) is 0 Å². The van der Waals surface area contributed by atoms with Gasteiger partial charge < -0.3 is 0 Å². The maximum absolute atomic E-state index is 8.49. The molecule has 0 saturated heterocycles. The van der Waals surface area contributed by atoms with Gasteiger partial charge in [0.25, 0.3) is 0 Å². The van der Waals surface area contributed by atoms with Gasteiger partial charge in [-0.1, -0.05) is 91.0 Å². The summed E-state index contributed by atoms with van der Waals surface area (Å²) in [7, 11) is -4.94. The van der Waals surface area contributed by atoms with Crippen LogP contribution in [0.4, 0.5) is 0 Å². The molecule has 4 aromatic carbocycles.